The highest BCUT2D eigenvalue weighted by Gasteiger charge is 2.52. The van der Waals surface area contributed by atoms with Crippen LogP contribution in [0.1, 0.15) is 35.7 Å². The molecular weight excluding hydrogens is 250 g/mol. The third-order valence-electron chi connectivity index (χ3n) is 4.37. The minimum Gasteiger partial charge on any atom is -0.478 e. The molecule has 4 heteroatoms. The molecule has 0 aromatic heterocycles. The lowest BCUT2D eigenvalue weighted by molar-refractivity contribution is 0.0697. The molecular formula is C14H16ClNO2. The maximum Gasteiger partial charge on any atom is 0.337 e. The molecule has 0 amide bonds. The van der Waals surface area contributed by atoms with E-state index >= 15 is 0 Å². The van der Waals surface area contributed by atoms with Crippen LogP contribution in [-0.4, -0.2) is 28.1 Å². The highest BCUT2D eigenvalue weighted by molar-refractivity contribution is 6.34. The lowest BCUT2D eigenvalue weighted by Crippen LogP contribution is -2.42. The van der Waals surface area contributed by atoms with E-state index in [1.54, 1.807) is 12.1 Å². The Morgan fingerprint density at radius 3 is 2.83 bits per heavy atom. The van der Waals surface area contributed by atoms with Gasteiger partial charge in [0.15, 0.2) is 0 Å². The van der Waals surface area contributed by atoms with Crippen molar-refractivity contribution >= 4 is 17.6 Å². The van der Waals surface area contributed by atoms with Crippen LogP contribution in [0.2, 0.25) is 5.02 Å². The van der Waals surface area contributed by atoms with Crippen LogP contribution in [0.5, 0.6) is 0 Å². The zero-order valence-electron chi connectivity index (χ0n) is 10.3. The number of carboxylic acids is 1. The van der Waals surface area contributed by atoms with Gasteiger partial charge in [-0.2, -0.15) is 0 Å². The first-order valence-electron chi connectivity index (χ1n) is 6.25. The summed E-state index contributed by atoms with van der Waals surface area (Å²) in [6.45, 7) is 4.16. The average Bonchev–Trinajstić information content (AvgIpc) is 2.73. The Hall–Kier alpha value is -1.06. The standard InChI is InChI=1S/C14H16ClNO2/c1-14-5-9(6-14)7-16(14)8-10-3-2-4-11(12(10)15)13(17)18/h2-4,9H,5-8H2,1H3,(H,17,18). The fourth-order valence-corrected chi connectivity index (χ4v) is 3.70. The Morgan fingerprint density at radius 2 is 2.28 bits per heavy atom. The van der Waals surface area contributed by atoms with E-state index in [-0.39, 0.29) is 5.56 Å². The Balaban J connectivity index is 1.85. The number of rotatable bonds is 3. The number of aromatic carboxylic acids is 1. The van der Waals surface area contributed by atoms with Crippen LogP contribution in [0.15, 0.2) is 18.2 Å². The lowest BCUT2D eigenvalue weighted by atomic mass is 9.75. The summed E-state index contributed by atoms with van der Waals surface area (Å²) < 4.78 is 0. The highest BCUT2D eigenvalue weighted by atomic mass is 35.5. The van der Waals surface area contributed by atoms with E-state index in [1.165, 1.54) is 12.8 Å². The van der Waals surface area contributed by atoms with Gasteiger partial charge < -0.3 is 5.11 Å². The molecule has 3 fully saturated rings. The second-order valence-corrected chi connectivity index (χ2v) is 6.11. The van der Waals surface area contributed by atoms with Crippen LogP contribution in [-0.2, 0) is 6.54 Å². The summed E-state index contributed by atoms with van der Waals surface area (Å²) in [5.74, 6) is -0.129. The third kappa shape index (κ3) is 1.73. The van der Waals surface area contributed by atoms with Crippen molar-refractivity contribution in [1.29, 1.82) is 0 Å². The molecule has 2 heterocycles. The summed E-state index contributed by atoms with van der Waals surface area (Å²) >= 11 is 6.18. The van der Waals surface area contributed by atoms with Gasteiger partial charge in [-0.3, -0.25) is 4.90 Å². The van der Waals surface area contributed by atoms with Crippen LogP contribution < -0.4 is 0 Å². The van der Waals surface area contributed by atoms with Crippen LogP contribution in [0.3, 0.4) is 0 Å². The Morgan fingerprint density at radius 1 is 1.56 bits per heavy atom. The van der Waals surface area contributed by atoms with E-state index < -0.39 is 5.97 Å². The van der Waals surface area contributed by atoms with Gasteiger partial charge in [0.2, 0.25) is 0 Å². The molecule has 0 radical (unpaired) electrons. The van der Waals surface area contributed by atoms with Gasteiger partial charge in [-0.1, -0.05) is 23.7 Å². The van der Waals surface area contributed by atoms with E-state index in [9.17, 15) is 4.79 Å². The summed E-state index contributed by atoms with van der Waals surface area (Å²) in [6.07, 6.45) is 2.53. The van der Waals surface area contributed by atoms with Crippen molar-refractivity contribution in [2.45, 2.75) is 31.8 Å². The number of carbonyl (C=O) groups is 1. The number of hydrogen-bond donors (Lipinski definition) is 1. The summed E-state index contributed by atoms with van der Waals surface area (Å²) in [4.78, 5) is 13.5. The first kappa shape index (κ1) is 12.0. The number of nitrogens with zero attached hydrogens (tertiary/aromatic N) is 1. The molecule has 1 saturated carbocycles. The molecule has 3 nitrogen and oxygen atoms in total. The maximum atomic E-state index is 11.0. The first-order valence-corrected chi connectivity index (χ1v) is 6.63. The van der Waals surface area contributed by atoms with E-state index in [0.29, 0.717) is 10.6 Å². The SMILES string of the molecule is CC12CC(CN1Cc1cccc(C(=O)O)c1Cl)C2. The van der Waals surface area contributed by atoms with Gasteiger partial charge in [-0.05, 0) is 37.3 Å². The summed E-state index contributed by atoms with van der Waals surface area (Å²) in [7, 11) is 0. The van der Waals surface area contributed by atoms with Gasteiger partial charge in [-0.25, -0.2) is 4.79 Å². The predicted octanol–water partition coefficient (Wildman–Crippen LogP) is 3.02. The smallest absolute Gasteiger partial charge is 0.337 e. The zero-order valence-corrected chi connectivity index (χ0v) is 11.1. The number of halogens is 1. The van der Waals surface area contributed by atoms with Gasteiger partial charge in [-0.15, -0.1) is 0 Å². The first-order chi connectivity index (χ1) is 8.49. The number of carboxylic acid groups (broad SMARTS) is 1. The molecule has 2 saturated heterocycles. The molecule has 0 atom stereocenters. The van der Waals surface area contributed by atoms with Crippen LogP contribution in [0, 0.1) is 5.92 Å². The Kier molecular flexibility index (Phi) is 2.65. The number of benzene rings is 1. The van der Waals surface area contributed by atoms with E-state index in [1.807, 2.05) is 6.07 Å². The second kappa shape index (κ2) is 3.97. The van der Waals surface area contributed by atoms with Crippen LogP contribution >= 0.6 is 11.6 Å². The highest BCUT2D eigenvalue weighted by Crippen LogP contribution is 2.50. The van der Waals surface area contributed by atoms with Crippen molar-refractivity contribution in [1.82, 2.24) is 4.90 Å². The van der Waals surface area contributed by atoms with Crippen molar-refractivity contribution in [2.75, 3.05) is 6.54 Å². The molecule has 4 rings (SSSR count). The minimum atomic E-state index is -0.959. The van der Waals surface area contributed by atoms with Crippen molar-refractivity contribution in [3.8, 4) is 0 Å². The van der Waals surface area contributed by atoms with Crippen molar-refractivity contribution in [3.63, 3.8) is 0 Å². The van der Waals surface area contributed by atoms with E-state index in [0.717, 1.165) is 24.6 Å². The minimum absolute atomic E-state index is 0.200. The van der Waals surface area contributed by atoms with Crippen LogP contribution in [0.25, 0.3) is 0 Å². The van der Waals surface area contributed by atoms with Gasteiger partial charge in [0, 0.05) is 18.6 Å². The van der Waals surface area contributed by atoms with Gasteiger partial charge >= 0.3 is 5.97 Å². The summed E-state index contributed by atoms with van der Waals surface area (Å²) in [5, 5.41) is 9.45. The Bertz CT molecular complexity index is 509. The normalized spacial score (nSPS) is 30.2. The second-order valence-electron chi connectivity index (χ2n) is 5.74. The molecule has 3 aliphatic rings. The van der Waals surface area contributed by atoms with Crippen molar-refractivity contribution in [2.24, 2.45) is 5.92 Å². The molecule has 0 spiro atoms. The predicted molar refractivity (Wildman–Crippen MR) is 70.0 cm³/mol. The van der Waals surface area contributed by atoms with Crippen molar-refractivity contribution < 1.29 is 9.90 Å². The van der Waals surface area contributed by atoms with Gasteiger partial charge in [0.05, 0.1) is 10.6 Å². The quantitative estimate of drug-likeness (QED) is 0.913. The average molecular weight is 266 g/mol. The monoisotopic (exact) mass is 265 g/mol. The molecule has 96 valence electrons. The number of fused-ring (bicyclic) bond motifs is 1. The lowest BCUT2D eigenvalue weighted by Gasteiger charge is -2.39. The van der Waals surface area contributed by atoms with Crippen molar-refractivity contribution in [3.05, 3.63) is 34.3 Å². The largest absolute Gasteiger partial charge is 0.478 e. The van der Waals surface area contributed by atoms with Gasteiger partial charge in [0.25, 0.3) is 0 Å². The molecule has 2 aliphatic heterocycles. The molecule has 2 bridgehead atoms. The van der Waals surface area contributed by atoms with Gasteiger partial charge in [0.1, 0.15) is 0 Å². The zero-order chi connectivity index (χ0) is 12.9. The fourth-order valence-electron chi connectivity index (χ4n) is 3.43. The maximum absolute atomic E-state index is 11.0. The molecule has 1 aromatic carbocycles. The molecule has 1 N–H and O–H groups in total. The topological polar surface area (TPSA) is 40.5 Å². The van der Waals surface area contributed by atoms with E-state index in [4.69, 9.17) is 16.7 Å². The number of hydrogen-bond acceptors (Lipinski definition) is 2. The molecule has 1 aromatic rings. The van der Waals surface area contributed by atoms with Crippen LogP contribution in [0.4, 0.5) is 0 Å². The molecule has 0 unspecified atom stereocenters. The third-order valence-corrected chi connectivity index (χ3v) is 4.82. The molecule has 18 heavy (non-hydrogen) atoms. The fraction of sp³-hybridized carbons (Fsp3) is 0.500. The summed E-state index contributed by atoms with van der Waals surface area (Å²) in [6, 6.07) is 5.25. The summed E-state index contributed by atoms with van der Waals surface area (Å²) in [5.41, 5.74) is 1.43. The Labute approximate surface area is 111 Å². The molecule has 1 aliphatic carbocycles. The van der Waals surface area contributed by atoms with E-state index in [2.05, 4.69) is 11.8 Å².